The number of quaternary nitrogens is 1. The molecule has 0 radical (unpaired) electrons. The van der Waals surface area contributed by atoms with E-state index in [9.17, 15) is 20.2 Å². The summed E-state index contributed by atoms with van der Waals surface area (Å²) in [6.45, 7) is 8.09. The average molecular weight is 409 g/mol. The Labute approximate surface area is 172 Å². The first-order chi connectivity index (χ1) is 14.2. The van der Waals surface area contributed by atoms with E-state index in [0.717, 1.165) is 11.3 Å². The van der Waals surface area contributed by atoms with Gasteiger partial charge in [-0.3, -0.25) is 24.7 Å². The summed E-state index contributed by atoms with van der Waals surface area (Å²) < 4.78 is 0.424. The topological polar surface area (TPSA) is 118 Å². The van der Waals surface area contributed by atoms with Gasteiger partial charge >= 0.3 is 0 Å². The van der Waals surface area contributed by atoms with Crippen molar-refractivity contribution in [3.8, 4) is 0 Å². The Morgan fingerprint density at radius 3 is 2.30 bits per heavy atom. The van der Waals surface area contributed by atoms with Crippen molar-refractivity contribution in [3.63, 3.8) is 0 Å². The van der Waals surface area contributed by atoms with Crippen molar-refractivity contribution in [1.29, 1.82) is 0 Å². The molecule has 0 fully saturated rings. The van der Waals surface area contributed by atoms with Crippen LogP contribution in [0.15, 0.2) is 42.5 Å². The summed E-state index contributed by atoms with van der Waals surface area (Å²) >= 11 is 0. The van der Waals surface area contributed by atoms with Gasteiger partial charge in [-0.1, -0.05) is 0 Å². The highest BCUT2D eigenvalue weighted by atomic mass is 16.6. The monoisotopic (exact) mass is 409 g/mol. The van der Waals surface area contributed by atoms with Crippen molar-refractivity contribution >= 4 is 39.5 Å². The molecule has 2 N–H and O–H groups in total. The first-order valence-electron chi connectivity index (χ1n) is 9.21. The molecule has 0 bridgehead atoms. The lowest BCUT2D eigenvalue weighted by molar-refractivity contribution is -0.385. The first-order valence-corrected chi connectivity index (χ1v) is 9.21. The van der Waals surface area contributed by atoms with Gasteiger partial charge in [-0.25, -0.2) is 6.57 Å². The minimum absolute atomic E-state index is 0.0226. The van der Waals surface area contributed by atoms with E-state index >= 15 is 0 Å². The van der Waals surface area contributed by atoms with Crippen LogP contribution in [0, 0.1) is 26.8 Å². The van der Waals surface area contributed by atoms with E-state index in [1.807, 2.05) is 14.1 Å². The Balaban J connectivity index is 2.09. The van der Waals surface area contributed by atoms with Crippen molar-refractivity contribution in [3.05, 3.63) is 74.1 Å². The van der Waals surface area contributed by atoms with Gasteiger partial charge in [0.25, 0.3) is 11.4 Å². The van der Waals surface area contributed by atoms with Gasteiger partial charge in [0.2, 0.25) is 12.4 Å². The number of nitrogens with one attached hydrogen (secondary N) is 2. The molecule has 0 aliphatic heterocycles. The zero-order valence-electron chi connectivity index (χ0n) is 16.6. The van der Waals surface area contributed by atoms with E-state index in [4.69, 9.17) is 6.57 Å². The number of nitro benzene ring substituents is 2. The number of H-pyrrole nitrogens is 1. The Bertz CT molecular complexity index is 1140. The van der Waals surface area contributed by atoms with Crippen LogP contribution in [-0.2, 0) is 0 Å². The summed E-state index contributed by atoms with van der Waals surface area (Å²) in [6.07, 6.45) is 0.697. The second-order valence-electron chi connectivity index (χ2n) is 7.41. The fraction of sp³-hybridized carbons (Fsp3) is 0.250. The van der Waals surface area contributed by atoms with Crippen molar-refractivity contribution < 1.29 is 9.85 Å². The quantitative estimate of drug-likeness (QED) is 0.185. The number of aromatic nitrogens is 1. The number of nitrogens with zero attached hydrogens (tertiary/aromatic N) is 4. The molecule has 30 heavy (non-hydrogen) atoms. The van der Waals surface area contributed by atoms with Gasteiger partial charge in [-0.2, -0.15) is 0 Å². The molecule has 0 spiro atoms. The molecule has 0 amide bonds. The van der Waals surface area contributed by atoms with Crippen LogP contribution in [0.5, 0.6) is 0 Å². The van der Waals surface area contributed by atoms with Crippen molar-refractivity contribution in [2.45, 2.75) is 6.42 Å². The van der Waals surface area contributed by atoms with Gasteiger partial charge in [0, 0.05) is 35.3 Å². The highest BCUT2D eigenvalue weighted by molar-refractivity contribution is 6.02. The second kappa shape index (κ2) is 8.18. The standard InChI is InChI=1S/C20H21N6O4/c1-21-11-4-12-26(2,3)20-19(22-14-5-7-15(8-6-14)24(27)28)17-13-16(25(29)30)9-10-18(17)23-20/h5-10,13,22-23H,4,11-12H2,2-3H3/q+1. The third kappa shape index (κ3) is 4.21. The van der Waals surface area contributed by atoms with Crippen LogP contribution in [0.1, 0.15) is 6.42 Å². The molecular formula is C20H21N6O4+. The molecule has 154 valence electrons. The molecule has 3 aromatic rings. The van der Waals surface area contributed by atoms with E-state index in [0.29, 0.717) is 40.8 Å². The van der Waals surface area contributed by atoms with Crippen LogP contribution >= 0.6 is 0 Å². The van der Waals surface area contributed by atoms with Gasteiger partial charge in [-0.05, 0) is 18.2 Å². The maximum atomic E-state index is 11.3. The molecule has 1 heterocycles. The number of aromatic amines is 1. The maximum Gasteiger partial charge on any atom is 0.270 e. The number of rotatable bonds is 8. The molecule has 2 aromatic carbocycles. The summed E-state index contributed by atoms with van der Waals surface area (Å²) in [7, 11) is 3.98. The predicted molar refractivity (Wildman–Crippen MR) is 116 cm³/mol. The highest BCUT2D eigenvalue weighted by Gasteiger charge is 2.28. The largest absolute Gasteiger partial charge is 0.349 e. The number of fused-ring (bicyclic) bond motifs is 1. The molecule has 0 unspecified atom stereocenters. The van der Waals surface area contributed by atoms with E-state index in [-0.39, 0.29) is 11.4 Å². The van der Waals surface area contributed by atoms with Crippen LogP contribution in [0.4, 0.5) is 28.6 Å². The lowest BCUT2D eigenvalue weighted by Gasteiger charge is -2.28. The molecule has 0 saturated heterocycles. The highest BCUT2D eigenvalue weighted by Crippen LogP contribution is 2.40. The molecule has 0 atom stereocenters. The van der Waals surface area contributed by atoms with Crippen LogP contribution in [0.25, 0.3) is 15.7 Å². The molecular weight excluding hydrogens is 388 g/mol. The summed E-state index contributed by atoms with van der Waals surface area (Å²) in [5.74, 6) is 0.800. The summed E-state index contributed by atoms with van der Waals surface area (Å²) in [5, 5.41) is 26.1. The maximum absolute atomic E-state index is 11.3. The lowest BCUT2D eigenvalue weighted by atomic mass is 10.2. The molecule has 0 aliphatic carbocycles. The number of hydrogen-bond donors (Lipinski definition) is 2. The molecule has 0 saturated carbocycles. The zero-order chi connectivity index (χ0) is 21.9. The molecule has 10 heteroatoms. The number of hydrogen-bond acceptors (Lipinski definition) is 5. The molecule has 0 aliphatic rings. The van der Waals surface area contributed by atoms with Crippen LogP contribution in [0.3, 0.4) is 0 Å². The van der Waals surface area contributed by atoms with E-state index < -0.39 is 9.85 Å². The molecule has 1 aromatic heterocycles. The Kier molecular flexibility index (Phi) is 5.66. The fourth-order valence-corrected chi connectivity index (χ4v) is 3.33. The average Bonchev–Trinajstić information content (AvgIpc) is 3.07. The summed E-state index contributed by atoms with van der Waals surface area (Å²) in [6, 6.07) is 10.6. The number of benzene rings is 2. The Morgan fingerprint density at radius 2 is 1.70 bits per heavy atom. The summed E-state index contributed by atoms with van der Waals surface area (Å²) in [5.41, 5.74) is 1.96. The molecule has 10 nitrogen and oxygen atoms in total. The minimum Gasteiger partial charge on any atom is -0.349 e. The third-order valence-corrected chi connectivity index (χ3v) is 4.91. The Morgan fingerprint density at radius 1 is 1.07 bits per heavy atom. The number of nitro groups is 2. The van der Waals surface area contributed by atoms with Crippen LogP contribution < -0.4 is 9.80 Å². The van der Waals surface area contributed by atoms with Crippen LogP contribution in [0.2, 0.25) is 0 Å². The van der Waals surface area contributed by atoms with Crippen molar-refractivity contribution in [2.24, 2.45) is 0 Å². The fourth-order valence-electron chi connectivity index (χ4n) is 3.33. The predicted octanol–water partition coefficient (Wildman–Crippen LogP) is 4.60. The van der Waals surface area contributed by atoms with E-state index in [1.54, 1.807) is 18.2 Å². The summed E-state index contributed by atoms with van der Waals surface area (Å²) in [4.78, 5) is 28.0. The van der Waals surface area contributed by atoms with E-state index in [2.05, 4.69) is 15.1 Å². The third-order valence-electron chi connectivity index (χ3n) is 4.91. The zero-order valence-corrected chi connectivity index (χ0v) is 16.6. The van der Waals surface area contributed by atoms with Gasteiger partial charge in [0.15, 0.2) is 0 Å². The number of non-ortho nitro benzene ring substituents is 2. The van der Waals surface area contributed by atoms with Gasteiger partial charge in [0.1, 0.15) is 5.69 Å². The molecule has 3 rings (SSSR count). The smallest absolute Gasteiger partial charge is 0.270 e. The number of anilines is 2. The Hall–Kier alpha value is -3.97. The SMILES string of the molecule is [C-]#[N+]CCC[N+](C)(C)c1[nH]c2ccc([N+](=O)[O-])cc2c1Nc1ccc([N+](=O)[O-])cc1. The minimum atomic E-state index is -0.471. The van der Waals surface area contributed by atoms with Gasteiger partial charge in [-0.15, -0.1) is 0 Å². The van der Waals surface area contributed by atoms with Gasteiger partial charge in [0.05, 0.1) is 42.4 Å². The lowest BCUT2D eigenvalue weighted by Crippen LogP contribution is -2.42. The van der Waals surface area contributed by atoms with Gasteiger partial charge < -0.3 is 15.1 Å². The normalized spacial score (nSPS) is 11.2. The van der Waals surface area contributed by atoms with Crippen molar-refractivity contribution in [2.75, 3.05) is 32.5 Å². The van der Waals surface area contributed by atoms with Crippen LogP contribution in [-0.4, -0.2) is 42.0 Å². The van der Waals surface area contributed by atoms with E-state index in [1.165, 1.54) is 24.3 Å². The first kappa shape index (κ1) is 20.8. The second-order valence-corrected chi connectivity index (χ2v) is 7.41. The van der Waals surface area contributed by atoms with Crippen molar-refractivity contribution in [1.82, 2.24) is 9.47 Å².